The van der Waals surface area contributed by atoms with Crippen LogP contribution in [0.2, 0.25) is 0 Å². The third-order valence-corrected chi connectivity index (χ3v) is 3.81. The van der Waals surface area contributed by atoms with Crippen LogP contribution in [0.15, 0.2) is 0 Å². The Bertz CT molecular complexity index is 161. The molecule has 1 aliphatic rings. The maximum Gasteiger partial charge on any atom is 0.0110 e. The zero-order chi connectivity index (χ0) is 11.8. The Morgan fingerprint density at radius 1 is 1.00 bits per heavy atom. The summed E-state index contributed by atoms with van der Waals surface area (Å²) in [6, 6.07) is 0. The molecule has 0 bridgehead atoms. The number of rotatable bonds is 7. The van der Waals surface area contributed by atoms with Crippen LogP contribution < -0.4 is 5.73 Å². The molecule has 0 spiro atoms. The molecule has 1 fully saturated rings. The number of nitrogens with zero attached hydrogens (tertiary/aromatic N) is 2. The van der Waals surface area contributed by atoms with Crippen molar-refractivity contribution in [1.29, 1.82) is 0 Å². The van der Waals surface area contributed by atoms with Crippen molar-refractivity contribution in [2.45, 2.75) is 33.1 Å². The topological polar surface area (TPSA) is 32.5 Å². The molecule has 0 saturated carbocycles. The zero-order valence-corrected chi connectivity index (χ0v) is 11.1. The number of piperazine rings is 1. The Morgan fingerprint density at radius 2 is 1.56 bits per heavy atom. The second kappa shape index (κ2) is 8.04. The summed E-state index contributed by atoms with van der Waals surface area (Å²) in [6.07, 6.45) is 3.79. The molecular weight excluding hydrogens is 198 g/mol. The number of nitrogens with two attached hydrogens (primary N) is 1. The van der Waals surface area contributed by atoms with Crippen LogP contribution in [-0.4, -0.2) is 55.6 Å². The molecule has 0 aliphatic carbocycles. The van der Waals surface area contributed by atoms with Crippen LogP contribution in [0.3, 0.4) is 0 Å². The fourth-order valence-corrected chi connectivity index (χ4v) is 2.42. The minimum absolute atomic E-state index is 0.827. The Balaban J connectivity index is 2.16. The van der Waals surface area contributed by atoms with E-state index in [4.69, 9.17) is 5.73 Å². The van der Waals surface area contributed by atoms with Gasteiger partial charge in [-0.3, -0.25) is 0 Å². The van der Waals surface area contributed by atoms with E-state index >= 15 is 0 Å². The lowest BCUT2D eigenvalue weighted by Gasteiger charge is -2.36. The van der Waals surface area contributed by atoms with E-state index in [2.05, 4.69) is 23.6 Å². The fourth-order valence-electron chi connectivity index (χ4n) is 2.42. The van der Waals surface area contributed by atoms with E-state index in [1.165, 1.54) is 52.1 Å². The molecule has 0 aromatic heterocycles. The summed E-state index contributed by atoms with van der Waals surface area (Å²) in [5, 5.41) is 0. The van der Waals surface area contributed by atoms with Gasteiger partial charge in [0.15, 0.2) is 0 Å². The van der Waals surface area contributed by atoms with Crippen molar-refractivity contribution in [2.24, 2.45) is 11.7 Å². The van der Waals surface area contributed by atoms with Crippen molar-refractivity contribution in [3.8, 4) is 0 Å². The SMILES string of the molecule is CCC(CC)CN1CCN(CCCN)CC1. The molecule has 0 aromatic rings. The first kappa shape index (κ1) is 13.9. The molecule has 1 rings (SSSR count). The molecule has 3 nitrogen and oxygen atoms in total. The quantitative estimate of drug-likeness (QED) is 0.713. The number of hydrogen-bond acceptors (Lipinski definition) is 3. The summed E-state index contributed by atoms with van der Waals surface area (Å²) in [6.45, 7) is 12.9. The van der Waals surface area contributed by atoms with Gasteiger partial charge in [0, 0.05) is 32.7 Å². The van der Waals surface area contributed by atoms with Crippen LogP contribution in [0, 0.1) is 5.92 Å². The van der Waals surface area contributed by atoms with Crippen molar-refractivity contribution >= 4 is 0 Å². The lowest BCUT2D eigenvalue weighted by atomic mass is 10.0. The lowest BCUT2D eigenvalue weighted by Crippen LogP contribution is -2.48. The third-order valence-electron chi connectivity index (χ3n) is 3.81. The first-order chi connectivity index (χ1) is 7.80. The summed E-state index contributed by atoms with van der Waals surface area (Å²) in [5.41, 5.74) is 5.54. The lowest BCUT2D eigenvalue weighted by molar-refractivity contribution is 0.115. The molecule has 0 radical (unpaired) electrons. The van der Waals surface area contributed by atoms with E-state index in [0.29, 0.717) is 0 Å². The molecule has 96 valence electrons. The van der Waals surface area contributed by atoms with Crippen LogP contribution >= 0.6 is 0 Å². The van der Waals surface area contributed by atoms with E-state index in [1.807, 2.05) is 0 Å². The van der Waals surface area contributed by atoms with E-state index < -0.39 is 0 Å². The predicted octanol–water partition coefficient (Wildman–Crippen LogP) is 1.39. The van der Waals surface area contributed by atoms with Gasteiger partial charge in [-0.05, 0) is 25.4 Å². The Hall–Kier alpha value is -0.120. The average Bonchev–Trinajstić information content (AvgIpc) is 2.35. The van der Waals surface area contributed by atoms with Crippen molar-refractivity contribution < 1.29 is 0 Å². The van der Waals surface area contributed by atoms with E-state index in [9.17, 15) is 0 Å². The first-order valence-corrected chi connectivity index (χ1v) is 6.94. The van der Waals surface area contributed by atoms with Gasteiger partial charge in [0.25, 0.3) is 0 Å². The normalized spacial score (nSPS) is 19.5. The van der Waals surface area contributed by atoms with Gasteiger partial charge in [0.05, 0.1) is 0 Å². The summed E-state index contributed by atoms with van der Waals surface area (Å²) >= 11 is 0. The Morgan fingerprint density at radius 3 is 2.06 bits per heavy atom. The van der Waals surface area contributed by atoms with Gasteiger partial charge < -0.3 is 15.5 Å². The van der Waals surface area contributed by atoms with Gasteiger partial charge in [-0.1, -0.05) is 26.7 Å². The summed E-state index contributed by atoms with van der Waals surface area (Å²) in [7, 11) is 0. The maximum atomic E-state index is 5.54. The fraction of sp³-hybridized carbons (Fsp3) is 1.00. The minimum atomic E-state index is 0.827. The van der Waals surface area contributed by atoms with E-state index in [1.54, 1.807) is 0 Å². The number of hydrogen-bond donors (Lipinski definition) is 1. The second-order valence-electron chi connectivity index (χ2n) is 4.97. The molecule has 0 atom stereocenters. The van der Waals surface area contributed by atoms with Gasteiger partial charge in [0.2, 0.25) is 0 Å². The van der Waals surface area contributed by atoms with Gasteiger partial charge in [-0.2, -0.15) is 0 Å². The summed E-state index contributed by atoms with van der Waals surface area (Å²) in [5.74, 6) is 0.899. The molecule has 16 heavy (non-hydrogen) atoms. The highest BCUT2D eigenvalue weighted by molar-refractivity contribution is 4.73. The highest BCUT2D eigenvalue weighted by Gasteiger charge is 2.18. The molecule has 0 amide bonds. The first-order valence-electron chi connectivity index (χ1n) is 6.94. The monoisotopic (exact) mass is 227 g/mol. The summed E-state index contributed by atoms with van der Waals surface area (Å²) in [4.78, 5) is 5.19. The molecule has 1 heterocycles. The van der Waals surface area contributed by atoms with Gasteiger partial charge in [-0.25, -0.2) is 0 Å². The molecular formula is C13H29N3. The molecule has 0 aromatic carbocycles. The standard InChI is InChI=1S/C13H29N3/c1-3-13(4-2)12-16-10-8-15(9-11-16)7-5-6-14/h13H,3-12,14H2,1-2H3. The minimum Gasteiger partial charge on any atom is -0.330 e. The molecule has 2 N–H and O–H groups in total. The van der Waals surface area contributed by atoms with Crippen LogP contribution in [0.1, 0.15) is 33.1 Å². The van der Waals surface area contributed by atoms with Crippen LogP contribution in [0.25, 0.3) is 0 Å². The van der Waals surface area contributed by atoms with Gasteiger partial charge in [0.1, 0.15) is 0 Å². The molecule has 0 unspecified atom stereocenters. The molecule has 1 saturated heterocycles. The third kappa shape index (κ3) is 4.81. The second-order valence-corrected chi connectivity index (χ2v) is 4.97. The highest BCUT2D eigenvalue weighted by Crippen LogP contribution is 2.11. The van der Waals surface area contributed by atoms with Crippen LogP contribution in [0.5, 0.6) is 0 Å². The smallest absolute Gasteiger partial charge is 0.0110 e. The van der Waals surface area contributed by atoms with Crippen molar-refractivity contribution in [1.82, 2.24) is 9.80 Å². The predicted molar refractivity (Wildman–Crippen MR) is 70.6 cm³/mol. The van der Waals surface area contributed by atoms with Crippen LogP contribution in [0.4, 0.5) is 0 Å². The van der Waals surface area contributed by atoms with E-state index in [0.717, 1.165) is 18.9 Å². The summed E-state index contributed by atoms with van der Waals surface area (Å²) < 4.78 is 0. The van der Waals surface area contributed by atoms with E-state index in [-0.39, 0.29) is 0 Å². The maximum absolute atomic E-state index is 5.54. The Labute approximate surface area is 101 Å². The van der Waals surface area contributed by atoms with Crippen molar-refractivity contribution in [3.63, 3.8) is 0 Å². The van der Waals surface area contributed by atoms with Crippen LogP contribution in [-0.2, 0) is 0 Å². The highest BCUT2D eigenvalue weighted by atomic mass is 15.3. The van der Waals surface area contributed by atoms with Gasteiger partial charge in [-0.15, -0.1) is 0 Å². The van der Waals surface area contributed by atoms with Crippen molar-refractivity contribution in [2.75, 3.05) is 45.8 Å². The molecule has 3 heteroatoms. The Kier molecular flexibility index (Phi) is 7.01. The largest absolute Gasteiger partial charge is 0.330 e. The average molecular weight is 227 g/mol. The molecule has 1 aliphatic heterocycles. The van der Waals surface area contributed by atoms with Gasteiger partial charge >= 0.3 is 0 Å². The van der Waals surface area contributed by atoms with Crippen molar-refractivity contribution in [3.05, 3.63) is 0 Å². The zero-order valence-electron chi connectivity index (χ0n) is 11.1.